The Morgan fingerprint density at radius 3 is 2.62 bits per heavy atom. The van der Waals surface area contributed by atoms with E-state index in [1.807, 2.05) is 18.4 Å². The summed E-state index contributed by atoms with van der Waals surface area (Å²) in [6.45, 7) is 2.13. The second-order valence-corrected chi connectivity index (χ2v) is 7.16. The molecule has 2 nitrogen and oxygen atoms in total. The number of hydrogen-bond acceptors (Lipinski definition) is 4. The van der Waals surface area contributed by atoms with E-state index in [-0.39, 0.29) is 0 Å². The second-order valence-electron chi connectivity index (χ2n) is 5.01. The fourth-order valence-electron chi connectivity index (χ4n) is 2.34. The summed E-state index contributed by atoms with van der Waals surface area (Å²) >= 11 is 3.54. The van der Waals surface area contributed by atoms with Gasteiger partial charge in [0.2, 0.25) is 0 Å². The number of likely N-dealkylation sites (N-methyl/N-ethyl adjacent to an activating group) is 1. The smallest absolute Gasteiger partial charge is 0.133 e. The van der Waals surface area contributed by atoms with Crippen molar-refractivity contribution in [2.45, 2.75) is 19.4 Å². The third-order valence-electron chi connectivity index (χ3n) is 3.47. The molecular weight excluding hydrogens is 296 g/mol. The quantitative estimate of drug-likeness (QED) is 0.739. The first kappa shape index (κ1) is 14.4. The highest BCUT2D eigenvalue weighted by Crippen LogP contribution is 2.31. The van der Waals surface area contributed by atoms with Crippen LogP contribution in [0.4, 0.5) is 0 Å². The highest BCUT2D eigenvalue weighted by Gasteiger charge is 2.13. The maximum Gasteiger partial charge on any atom is 0.133 e. The largest absolute Gasteiger partial charge is 0.313 e. The molecule has 3 aromatic rings. The maximum absolute atomic E-state index is 4.80. The molecule has 0 aliphatic heterocycles. The maximum atomic E-state index is 4.80. The normalized spacial score (nSPS) is 12.5. The standard InChI is InChI=1S/C17H18N2S2/c1-12-8-9-16(21-12)17-19-14(11-20-17)10-15(18-2)13-6-4-3-5-7-13/h3-9,11,15,18H,10H2,1-2H3. The molecule has 21 heavy (non-hydrogen) atoms. The summed E-state index contributed by atoms with van der Waals surface area (Å²) < 4.78 is 0. The summed E-state index contributed by atoms with van der Waals surface area (Å²) in [5.74, 6) is 0. The average molecular weight is 314 g/mol. The van der Waals surface area contributed by atoms with E-state index in [1.165, 1.54) is 15.3 Å². The van der Waals surface area contributed by atoms with Gasteiger partial charge in [0.15, 0.2) is 0 Å². The molecule has 0 bridgehead atoms. The van der Waals surface area contributed by atoms with Gasteiger partial charge in [-0.3, -0.25) is 0 Å². The number of nitrogens with zero attached hydrogens (tertiary/aromatic N) is 1. The predicted molar refractivity (Wildman–Crippen MR) is 92.1 cm³/mol. The topological polar surface area (TPSA) is 24.9 Å². The molecule has 0 aliphatic carbocycles. The van der Waals surface area contributed by atoms with Crippen molar-refractivity contribution in [1.29, 1.82) is 0 Å². The van der Waals surface area contributed by atoms with Gasteiger partial charge in [0, 0.05) is 22.7 Å². The lowest BCUT2D eigenvalue weighted by molar-refractivity contribution is 0.586. The molecule has 0 fully saturated rings. The van der Waals surface area contributed by atoms with E-state index in [1.54, 1.807) is 11.3 Å². The van der Waals surface area contributed by atoms with E-state index in [4.69, 9.17) is 4.98 Å². The Balaban J connectivity index is 1.77. The molecule has 2 aromatic heterocycles. The minimum atomic E-state index is 0.311. The third-order valence-corrected chi connectivity index (χ3v) is 5.53. The highest BCUT2D eigenvalue weighted by atomic mass is 32.1. The average Bonchev–Trinajstić information content (AvgIpc) is 3.14. The molecule has 0 saturated carbocycles. The van der Waals surface area contributed by atoms with Gasteiger partial charge in [-0.2, -0.15) is 0 Å². The summed E-state index contributed by atoms with van der Waals surface area (Å²) in [5.41, 5.74) is 2.46. The van der Waals surface area contributed by atoms with Crippen LogP contribution in [0, 0.1) is 6.92 Å². The molecule has 2 heterocycles. The van der Waals surface area contributed by atoms with Gasteiger partial charge in [0.1, 0.15) is 5.01 Å². The summed E-state index contributed by atoms with van der Waals surface area (Å²) in [4.78, 5) is 7.40. The summed E-state index contributed by atoms with van der Waals surface area (Å²) in [6, 6.07) is 15.2. The SMILES string of the molecule is CNC(Cc1csc(-c2ccc(C)s2)n1)c1ccccc1. The number of thiazole rings is 1. The van der Waals surface area contributed by atoms with E-state index in [2.05, 4.69) is 60.1 Å². The van der Waals surface area contributed by atoms with E-state index >= 15 is 0 Å². The predicted octanol–water partition coefficient (Wildman–Crippen LogP) is 4.68. The molecule has 1 unspecified atom stereocenters. The van der Waals surface area contributed by atoms with Crippen LogP contribution in [-0.2, 0) is 6.42 Å². The number of aryl methyl sites for hydroxylation is 1. The van der Waals surface area contributed by atoms with E-state index in [0.29, 0.717) is 6.04 Å². The molecular formula is C17H18N2S2. The Morgan fingerprint density at radius 1 is 1.14 bits per heavy atom. The van der Waals surface area contributed by atoms with Crippen LogP contribution in [0.25, 0.3) is 9.88 Å². The Morgan fingerprint density at radius 2 is 1.95 bits per heavy atom. The van der Waals surface area contributed by atoms with Gasteiger partial charge in [-0.05, 0) is 31.7 Å². The summed E-state index contributed by atoms with van der Waals surface area (Å²) in [5, 5.41) is 6.70. The third kappa shape index (κ3) is 3.40. The number of aromatic nitrogens is 1. The van der Waals surface area contributed by atoms with Crippen LogP contribution in [0.5, 0.6) is 0 Å². The molecule has 4 heteroatoms. The monoisotopic (exact) mass is 314 g/mol. The molecule has 1 N–H and O–H groups in total. The number of nitrogens with one attached hydrogen (secondary N) is 1. The van der Waals surface area contributed by atoms with Crippen molar-refractivity contribution in [2.24, 2.45) is 0 Å². The lowest BCUT2D eigenvalue weighted by Gasteiger charge is -2.15. The fraction of sp³-hybridized carbons (Fsp3) is 0.235. The van der Waals surface area contributed by atoms with Crippen molar-refractivity contribution in [2.75, 3.05) is 7.05 Å². The minimum absolute atomic E-state index is 0.311. The first-order chi connectivity index (χ1) is 10.3. The van der Waals surface area contributed by atoms with Gasteiger partial charge in [-0.15, -0.1) is 22.7 Å². The van der Waals surface area contributed by atoms with Crippen LogP contribution in [0.15, 0.2) is 47.8 Å². The Bertz CT molecular complexity index is 700. The Kier molecular flexibility index (Phi) is 4.48. The van der Waals surface area contributed by atoms with Gasteiger partial charge in [-0.25, -0.2) is 4.98 Å². The van der Waals surface area contributed by atoms with Crippen LogP contribution in [0.3, 0.4) is 0 Å². The molecule has 3 rings (SSSR count). The molecule has 1 aromatic carbocycles. The lowest BCUT2D eigenvalue weighted by Crippen LogP contribution is -2.18. The zero-order valence-electron chi connectivity index (χ0n) is 12.2. The molecule has 0 spiro atoms. The van der Waals surface area contributed by atoms with Crippen LogP contribution in [0.1, 0.15) is 22.2 Å². The summed E-state index contributed by atoms with van der Waals surface area (Å²) in [7, 11) is 2.01. The van der Waals surface area contributed by atoms with E-state index in [0.717, 1.165) is 17.1 Å². The molecule has 0 amide bonds. The van der Waals surface area contributed by atoms with Crippen LogP contribution >= 0.6 is 22.7 Å². The summed E-state index contributed by atoms with van der Waals surface area (Å²) in [6.07, 6.45) is 0.918. The fourth-order valence-corrected chi connectivity index (χ4v) is 4.12. The molecule has 108 valence electrons. The van der Waals surface area contributed by atoms with E-state index < -0.39 is 0 Å². The van der Waals surface area contributed by atoms with Gasteiger partial charge in [0.05, 0.1) is 10.6 Å². The Labute approximate surface area is 133 Å². The first-order valence-corrected chi connectivity index (χ1v) is 8.69. The van der Waals surface area contributed by atoms with Crippen LogP contribution in [0.2, 0.25) is 0 Å². The van der Waals surface area contributed by atoms with Crippen LogP contribution < -0.4 is 5.32 Å². The van der Waals surface area contributed by atoms with Crippen molar-refractivity contribution >= 4 is 22.7 Å². The number of hydrogen-bond donors (Lipinski definition) is 1. The molecule has 0 saturated heterocycles. The minimum Gasteiger partial charge on any atom is -0.313 e. The number of rotatable bonds is 5. The molecule has 0 aliphatic rings. The number of thiophene rings is 1. The highest BCUT2D eigenvalue weighted by molar-refractivity contribution is 7.21. The van der Waals surface area contributed by atoms with Gasteiger partial charge >= 0.3 is 0 Å². The zero-order valence-corrected chi connectivity index (χ0v) is 13.8. The van der Waals surface area contributed by atoms with Crippen molar-refractivity contribution in [3.05, 3.63) is 64.0 Å². The molecule has 0 radical (unpaired) electrons. The van der Waals surface area contributed by atoms with Gasteiger partial charge in [0.25, 0.3) is 0 Å². The van der Waals surface area contributed by atoms with Crippen molar-refractivity contribution in [1.82, 2.24) is 10.3 Å². The van der Waals surface area contributed by atoms with E-state index in [9.17, 15) is 0 Å². The number of benzene rings is 1. The van der Waals surface area contributed by atoms with Crippen molar-refractivity contribution < 1.29 is 0 Å². The Hall–Kier alpha value is -1.49. The molecule has 1 atom stereocenters. The zero-order chi connectivity index (χ0) is 14.7. The van der Waals surface area contributed by atoms with Crippen molar-refractivity contribution in [3.8, 4) is 9.88 Å². The second kappa shape index (κ2) is 6.52. The van der Waals surface area contributed by atoms with Gasteiger partial charge in [-0.1, -0.05) is 30.3 Å². The van der Waals surface area contributed by atoms with Gasteiger partial charge < -0.3 is 5.32 Å². The first-order valence-electron chi connectivity index (χ1n) is 6.99. The van der Waals surface area contributed by atoms with Crippen molar-refractivity contribution in [3.63, 3.8) is 0 Å². The lowest BCUT2D eigenvalue weighted by atomic mass is 10.0. The van der Waals surface area contributed by atoms with Crippen LogP contribution in [-0.4, -0.2) is 12.0 Å².